The van der Waals surface area contributed by atoms with Crippen LogP contribution in [0.4, 0.5) is 0 Å². The second-order valence-corrected chi connectivity index (χ2v) is 6.02. The molecule has 0 aliphatic rings. The second-order valence-electron chi connectivity index (χ2n) is 6.02. The van der Waals surface area contributed by atoms with Crippen LogP contribution >= 0.6 is 0 Å². The summed E-state index contributed by atoms with van der Waals surface area (Å²) in [6.07, 6.45) is 0.851. The van der Waals surface area contributed by atoms with E-state index in [0.717, 1.165) is 11.1 Å². The first kappa shape index (κ1) is 16.2. The Morgan fingerprint density at radius 2 is 1.77 bits per heavy atom. The predicted octanol–water partition coefficient (Wildman–Crippen LogP) is 2.77. The van der Waals surface area contributed by atoms with Crippen LogP contribution in [0.5, 0.6) is 0 Å². The van der Waals surface area contributed by atoms with Gasteiger partial charge < -0.3 is 9.52 Å². The maximum atomic E-state index is 10.4. The van der Waals surface area contributed by atoms with Crippen molar-refractivity contribution in [3.63, 3.8) is 0 Å². The largest absolute Gasteiger partial charge is 0.419 e. The summed E-state index contributed by atoms with van der Waals surface area (Å²) in [4.78, 5) is 0. The van der Waals surface area contributed by atoms with Gasteiger partial charge in [-0.1, -0.05) is 53.2 Å². The Hall–Kier alpha value is -3.32. The monoisotopic (exact) mass is 347 g/mol. The molecule has 0 radical (unpaired) electrons. The van der Waals surface area contributed by atoms with Gasteiger partial charge in [0, 0.05) is 5.56 Å². The summed E-state index contributed by atoms with van der Waals surface area (Å²) in [5.74, 6) is 0.885. The third-order valence-corrected chi connectivity index (χ3v) is 4.01. The minimum Gasteiger partial charge on any atom is -0.419 e. The van der Waals surface area contributed by atoms with Crippen LogP contribution in [0.3, 0.4) is 0 Å². The van der Waals surface area contributed by atoms with Gasteiger partial charge in [0.25, 0.3) is 0 Å². The van der Waals surface area contributed by atoms with Crippen molar-refractivity contribution in [1.82, 2.24) is 25.2 Å². The third-order valence-electron chi connectivity index (χ3n) is 4.01. The van der Waals surface area contributed by atoms with Gasteiger partial charge in [0.1, 0.15) is 18.3 Å². The minimum absolute atomic E-state index is 0.285. The van der Waals surface area contributed by atoms with Crippen molar-refractivity contribution in [3.8, 4) is 11.5 Å². The molecule has 0 saturated carbocycles. The summed E-state index contributed by atoms with van der Waals surface area (Å²) in [7, 11) is 0. The first-order valence-electron chi connectivity index (χ1n) is 8.21. The topological polar surface area (TPSA) is 89.9 Å². The van der Waals surface area contributed by atoms with Crippen LogP contribution in [-0.4, -0.2) is 30.3 Å². The standard InChI is InChI=1S/C19H17N5O2/c1-13-7-9-15(10-8-13)19-22-21-17(26-19)12-24-11-16(20-23-24)18(25)14-5-3-2-4-6-14/h2-11,18,25H,12H2,1H3. The van der Waals surface area contributed by atoms with Crippen molar-refractivity contribution in [2.75, 3.05) is 0 Å². The molecular formula is C19H17N5O2. The van der Waals surface area contributed by atoms with Crippen molar-refractivity contribution in [2.24, 2.45) is 0 Å². The zero-order chi connectivity index (χ0) is 17.9. The average molecular weight is 347 g/mol. The highest BCUT2D eigenvalue weighted by Crippen LogP contribution is 2.20. The SMILES string of the molecule is Cc1ccc(-c2nnc(Cn3cc(C(O)c4ccccc4)nn3)o2)cc1. The Kier molecular flexibility index (Phi) is 4.28. The van der Waals surface area contributed by atoms with E-state index in [-0.39, 0.29) is 6.54 Å². The molecular weight excluding hydrogens is 330 g/mol. The van der Waals surface area contributed by atoms with E-state index in [9.17, 15) is 5.11 Å². The number of aryl methyl sites for hydroxylation is 1. The Bertz CT molecular complexity index is 992. The van der Waals surface area contributed by atoms with Crippen LogP contribution < -0.4 is 0 Å². The molecule has 4 rings (SSSR count). The number of aliphatic hydroxyl groups is 1. The van der Waals surface area contributed by atoms with E-state index in [2.05, 4.69) is 20.5 Å². The first-order valence-corrected chi connectivity index (χ1v) is 8.21. The number of hydrogen-bond acceptors (Lipinski definition) is 6. The smallest absolute Gasteiger partial charge is 0.247 e. The molecule has 4 aromatic rings. The molecule has 0 bridgehead atoms. The molecule has 0 fully saturated rings. The normalized spacial score (nSPS) is 12.2. The van der Waals surface area contributed by atoms with E-state index in [1.54, 1.807) is 10.9 Å². The molecule has 0 amide bonds. The lowest BCUT2D eigenvalue weighted by atomic mass is 10.1. The van der Waals surface area contributed by atoms with Crippen molar-refractivity contribution >= 4 is 0 Å². The van der Waals surface area contributed by atoms with Crippen LogP contribution in [0.1, 0.15) is 28.8 Å². The van der Waals surface area contributed by atoms with E-state index in [1.807, 2.05) is 61.5 Å². The van der Waals surface area contributed by atoms with E-state index >= 15 is 0 Å². The van der Waals surface area contributed by atoms with Crippen LogP contribution in [0.25, 0.3) is 11.5 Å². The first-order chi connectivity index (χ1) is 12.7. The molecule has 7 heteroatoms. The zero-order valence-electron chi connectivity index (χ0n) is 14.1. The number of aromatic nitrogens is 5. The maximum Gasteiger partial charge on any atom is 0.247 e. The molecule has 0 saturated heterocycles. The molecule has 1 N–H and O–H groups in total. The van der Waals surface area contributed by atoms with Crippen LogP contribution in [0.2, 0.25) is 0 Å². The lowest BCUT2D eigenvalue weighted by Crippen LogP contribution is -2.01. The Balaban J connectivity index is 1.49. The van der Waals surface area contributed by atoms with Gasteiger partial charge in [0.15, 0.2) is 0 Å². The molecule has 1 unspecified atom stereocenters. The molecule has 0 spiro atoms. The second kappa shape index (κ2) is 6.89. The van der Waals surface area contributed by atoms with Crippen molar-refractivity contribution < 1.29 is 9.52 Å². The Morgan fingerprint density at radius 3 is 2.54 bits per heavy atom. The van der Waals surface area contributed by atoms with Gasteiger partial charge in [0.2, 0.25) is 11.8 Å². The van der Waals surface area contributed by atoms with Gasteiger partial charge in [-0.25, -0.2) is 4.68 Å². The number of nitrogens with zero attached hydrogens (tertiary/aromatic N) is 5. The molecule has 26 heavy (non-hydrogen) atoms. The Labute approximate surface area is 149 Å². The molecule has 7 nitrogen and oxygen atoms in total. The molecule has 2 aromatic heterocycles. The van der Waals surface area contributed by atoms with Crippen LogP contribution in [-0.2, 0) is 6.54 Å². The fourth-order valence-corrected chi connectivity index (χ4v) is 2.59. The molecule has 130 valence electrons. The summed E-state index contributed by atoms with van der Waals surface area (Å²) >= 11 is 0. The predicted molar refractivity (Wildman–Crippen MR) is 94.1 cm³/mol. The van der Waals surface area contributed by atoms with Gasteiger partial charge in [0.05, 0.1) is 6.20 Å². The molecule has 2 heterocycles. The number of rotatable bonds is 5. The highest BCUT2D eigenvalue weighted by atomic mass is 16.4. The van der Waals surface area contributed by atoms with E-state index < -0.39 is 6.10 Å². The van der Waals surface area contributed by atoms with E-state index in [0.29, 0.717) is 17.5 Å². The van der Waals surface area contributed by atoms with Gasteiger partial charge in [-0.3, -0.25) is 0 Å². The van der Waals surface area contributed by atoms with E-state index in [1.165, 1.54) is 5.56 Å². The van der Waals surface area contributed by atoms with Crippen LogP contribution in [0, 0.1) is 6.92 Å². The van der Waals surface area contributed by atoms with Gasteiger partial charge in [-0.15, -0.1) is 15.3 Å². The maximum absolute atomic E-state index is 10.4. The lowest BCUT2D eigenvalue weighted by molar-refractivity contribution is 0.215. The molecule has 1 atom stereocenters. The summed E-state index contributed by atoms with van der Waals surface area (Å²) in [5, 5.41) is 26.6. The summed E-state index contributed by atoms with van der Waals surface area (Å²) in [6.45, 7) is 2.31. The van der Waals surface area contributed by atoms with Gasteiger partial charge >= 0.3 is 0 Å². The van der Waals surface area contributed by atoms with Crippen molar-refractivity contribution in [1.29, 1.82) is 0 Å². The van der Waals surface area contributed by atoms with Gasteiger partial charge in [-0.2, -0.15) is 0 Å². The molecule has 2 aromatic carbocycles. The highest BCUT2D eigenvalue weighted by molar-refractivity contribution is 5.52. The fraction of sp³-hybridized carbons (Fsp3) is 0.158. The summed E-state index contributed by atoms with van der Waals surface area (Å²) in [5.41, 5.74) is 3.27. The van der Waals surface area contributed by atoms with Crippen LogP contribution in [0.15, 0.2) is 65.2 Å². The summed E-state index contributed by atoms with van der Waals surface area (Å²) < 4.78 is 7.26. The number of hydrogen-bond donors (Lipinski definition) is 1. The van der Waals surface area contributed by atoms with Crippen molar-refractivity contribution in [3.05, 3.63) is 83.5 Å². The van der Waals surface area contributed by atoms with Gasteiger partial charge in [-0.05, 0) is 24.6 Å². The third kappa shape index (κ3) is 3.38. The number of aliphatic hydroxyl groups excluding tert-OH is 1. The van der Waals surface area contributed by atoms with E-state index in [4.69, 9.17) is 4.42 Å². The van der Waals surface area contributed by atoms with Crippen molar-refractivity contribution in [2.45, 2.75) is 19.6 Å². The average Bonchev–Trinajstić information content (AvgIpc) is 3.33. The minimum atomic E-state index is -0.823. The Morgan fingerprint density at radius 1 is 1.00 bits per heavy atom. The zero-order valence-corrected chi connectivity index (χ0v) is 14.1. The molecule has 0 aliphatic heterocycles. The molecule has 0 aliphatic carbocycles. The fourth-order valence-electron chi connectivity index (χ4n) is 2.59. The quantitative estimate of drug-likeness (QED) is 0.597. The lowest BCUT2D eigenvalue weighted by Gasteiger charge is -2.06. The highest BCUT2D eigenvalue weighted by Gasteiger charge is 2.15. The number of benzene rings is 2. The summed E-state index contributed by atoms with van der Waals surface area (Å²) in [6, 6.07) is 17.2.